The van der Waals surface area contributed by atoms with Gasteiger partial charge in [0.2, 0.25) is 0 Å². The highest BCUT2D eigenvalue weighted by Crippen LogP contribution is 2.21. The number of fused-ring (bicyclic) bond motifs is 1. The lowest BCUT2D eigenvalue weighted by Gasteiger charge is -2.04. The predicted molar refractivity (Wildman–Crippen MR) is 68.3 cm³/mol. The highest BCUT2D eigenvalue weighted by Gasteiger charge is 2.04. The van der Waals surface area contributed by atoms with Gasteiger partial charge in [0, 0.05) is 30.7 Å². The third kappa shape index (κ3) is 2.14. The molecule has 1 N–H and O–H groups in total. The lowest BCUT2D eigenvalue weighted by Crippen LogP contribution is -2.06. The third-order valence-corrected chi connectivity index (χ3v) is 3.33. The Hall–Kier alpha value is -1.88. The van der Waals surface area contributed by atoms with Crippen molar-refractivity contribution in [3.63, 3.8) is 0 Å². The molecule has 0 aromatic carbocycles. The van der Waals surface area contributed by atoms with Gasteiger partial charge in [0.05, 0.1) is 16.7 Å². The van der Waals surface area contributed by atoms with E-state index in [0.717, 1.165) is 34.8 Å². The highest BCUT2D eigenvalue weighted by atomic mass is 32.1. The SMILES string of the molecule is c1csc(CCNc2nccc3occc23)n1. The molecular weight excluding hydrogens is 234 g/mol. The molecular formula is C12H11N3OS. The molecule has 0 fully saturated rings. The Bertz CT molecular complexity index is 603. The van der Waals surface area contributed by atoms with Gasteiger partial charge in [-0.2, -0.15) is 0 Å². The smallest absolute Gasteiger partial charge is 0.139 e. The number of aromatic nitrogens is 2. The van der Waals surface area contributed by atoms with E-state index in [1.807, 2.05) is 23.7 Å². The van der Waals surface area contributed by atoms with Gasteiger partial charge in [0.1, 0.15) is 11.4 Å². The summed E-state index contributed by atoms with van der Waals surface area (Å²) in [7, 11) is 0. The molecule has 0 spiro atoms. The number of hydrogen-bond donors (Lipinski definition) is 1. The number of anilines is 1. The summed E-state index contributed by atoms with van der Waals surface area (Å²) in [4.78, 5) is 8.55. The Kier molecular flexibility index (Phi) is 2.75. The summed E-state index contributed by atoms with van der Waals surface area (Å²) >= 11 is 1.67. The van der Waals surface area contributed by atoms with Crippen molar-refractivity contribution < 1.29 is 4.42 Å². The Morgan fingerprint density at radius 2 is 2.24 bits per heavy atom. The average Bonchev–Trinajstić information content (AvgIpc) is 2.99. The molecule has 0 saturated heterocycles. The molecule has 86 valence electrons. The van der Waals surface area contributed by atoms with E-state index < -0.39 is 0 Å². The lowest BCUT2D eigenvalue weighted by molar-refractivity contribution is 0.615. The van der Waals surface area contributed by atoms with Gasteiger partial charge in [0.15, 0.2) is 0 Å². The van der Waals surface area contributed by atoms with Crippen LogP contribution in [0.4, 0.5) is 5.82 Å². The molecule has 0 aliphatic rings. The van der Waals surface area contributed by atoms with Gasteiger partial charge >= 0.3 is 0 Å². The minimum absolute atomic E-state index is 0.824. The minimum atomic E-state index is 0.824. The molecule has 3 rings (SSSR count). The summed E-state index contributed by atoms with van der Waals surface area (Å²) in [6, 6.07) is 3.79. The summed E-state index contributed by atoms with van der Waals surface area (Å²) in [5.74, 6) is 0.868. The maximum absolute atomic E-state index is 5.32. The van der Waals surface area contributed by atoms with Gasteiger partial charge in [-0.05, 0) is 12.1 Å². The van der Waals surface area contributed by atoms with Crippen molar-refractivity contribution >= 4 is 28.1 Å². The van der Waals surface area contributed by atoms with Crippen molar-refractivity contribution in [3.05, 3.63) is 41.2 Å². The average molecular weight is 245 g/mol. The maximum atomic E-state index is 5.32. The van der Waals surface area contributed by atoms with E-state index in [1.165, 1.54) is 0 Å². The first kappa shape index (κ1) is 10.3. The fraction of sp³-hybridized carbons (Fsp3) is 0.167. The van der Waals surface area contributed by atoms with Crippen molar-refractivity contribution in [1.29, 1.82) is 0 Å². The quantitative estimate of drug-likeness (QED) is 0.767. The van der Waals surface area contributed by atoms with E-state index in [1.54, 1.807) is 23.8 Å². The second-order valence-corrected chi connectivity index (χ2v) is 4.57. The van der Waals surface area contributed by atoms with Crippen LogP contribution in [0, 0.1) is 0 Å². The summed E-state index contributed by atoms with van der Waals surface area (Å²) in [6.07, 6.45) is 6.17. The number of furan rings is 1. The highest BCUT2D eigenvalue weighted by molar-refractivity contribution is 7.09. The Labute approximate surface area is 102 Å². The normalized spacial score (nSPS) is 10.8. The van der Waals surface area contributed by atoms with Crippen LogP contribution in [0.5, 0.6) is 0 Å². The van der Waals surface area contributed by atoms with Crippen molar-refractivity contribution in [2.75, 3.05) is 11.9 Å². The number of hydrogen-bond acceptors (Lipinski definition) is 5. The van der Waals surface area contributed by atoms with Crippen LogP contribution in [-0.4, -0.2) is 16.5 Å². The van der Waals surface area contributed by atoms with Crippen LogP contribution in [0.3, 0.4) is 0 Å². The fourth-order valence-electron chi connectivity index (χ4n) is 1.70. The van der Waals surface area contributed by atoms with Gasteiger partial charge in [0.25, 0.3) is 0 Å². The summed E-state index contributed by atoms with van der Waals surface area (Å²) in [5.41, 5.74) is 0.858. The van der Waals surface area contributed by atoms with E-state index in [9.17, 15) is 0 Å². The molecule has 17 heavy (non-hydrogen) atoms. The first-order valence-electron chi connectivity index (χ1n) is 5.38. The van der Waals surface area contributed by atoms with Gasteiger partial charge in [-0.3, -0.25) is 0 Å². The third-order valence-electron chi connectivity index (χ3n) is 2.49. The topological polar surface area (TPSA) is 51.0 Å². The zero-order valence-corrected chi connectivity index (χ0v) is 9.91. The number of pyridine rings is 1. The molecule has 0 aliphatic heterocycles. The first-order chi connectivity index (χ1) is 8.43. The second kappa shape index (κ2) is 4.55. The van der Waals surface area contributed by atoms with Crippen LogP contribution in [-0.2, 0) is 6.42 Å². The van der Waals surface area contributed by atoms with E-state index >= 15 is 0 Å². The molecule has 0 aliphatic carbocycles. The van der Waals surface area contributed by atoms with Gasteiger partial charge < -0.3 is 9.73 Å². The lowest BCUT2D eigenvalue weighted by atomic mass is 10.3. The van der Waals surface area contributed by atoms with E-state index in [-0.39, 0.29) is 0 Å². The number of rotatable bonds is 4. The summed E-state index contributed by atoms with van der Waals surface area (Å²) in [6.45, 7) is 0.824. The van der Waals surface area contributed by atoms with Crippen molar-refractivity contribution in [1.82, 2.24) is 9.97 Å². The first-order valence-corrected chi connectivity index (χ1v) is 6.26. The minimum Gasteiger partial charge on any atom is -0.464 e. The molecule has 5 heteroatoms. The van der Waals surface area contributed by atoms with Crippen LogP contribution >= 0.6 is 11.3 Å². The van der Waals surface area contributed by atoms with Crippen molar-refractivity contribution in [2.24, 2.45) is 0 Å². The number of nitrogens with one attached hydrogen (secondary N) is 1. The summed E-state index contributed by atoms with van der Waals surface area (Å²) in [5, 5.41) is 7.45. The molecule has 3 aromatic rings. The van der Waals surface area contributed by atoms with Gasteiger partial charge in [-0.1, -0.05) is 0 Å². The molecule has 3 aromatic heterocycles. The van der Waals surface area contributed by atoms with E-state index in [4.69, 9.17) is 4.42 Å². The fourth-order valence-corrected chi connectivity index (χ4v) is 2.32. The molecule has 4 nitrogen and oxygen atoms in total. The molecule has 0 atom stereocenters. The van der Waals surface area contributed by atoms with E-state index in [2.05, 4.69) is 15.3 Å². The van der Waals surface area contributed by atoms with Crippen LogP contribution < -0.4 is 5.32 Å². The largest absolute Gasteiger partial charge is 0.464 e. The molecule has 0 bridgehead atoms. The zero-order chi connectivity index (χ0) is 11.5. The van der Waals surface area contributed by atoms with Gasteiger partial charge in [-0.25, -0.2) is 9.97 Å². The Balaban J connectivity index is 1.70. The van der Waals surface area contributed by atoms with Crippen LogP contribution in [0.15, 0.2) is 40.6 Å². The monoisotopic (exact) mass is 245 g/mol. The van der Waals surface area contributed by atoms with Crippen molar-refractivity contribution in [3.8, 4) is 0 Å². The number of thiazole rings is 1. The second-order valence-electron chi connectivity index (χ2n) is 3.59. The van der Waals surface area contributed by atoms with Crippen LogP contribution in [0.1, 0.15) is 5.01 Å². The van der Waals surface area contributed by atoms with E-state index in [0.29, 0.717) is 0 Å². The molecule has 0 saturated carbocycles. The Morgan fingerprint density at radius 1 is 1.24 bits per heavy atom. The molecule has 0 unspecified atom stereocenters. The summed E-state index contributed by atoms with van der Waals surface area (Å²) < 4.78 is 5.32. The zero-order valence-electron chi connectivity index (χ0n) is 9.09. The molecule has 3 heterocycles. The standard InChI is InChI=1S/C12H11N3OS/c1-4-14-12(9-3-7-16-10(1)9)15-5-2-11-13-6-8-17-11/h1,3-4,6-8H,2,5H2,(H,14,15). The van der Waals surface area contributed by atoms with Gasteiger partial charge in [-0.15, -0.1) is 11.3 Å². The molecule has 0 radical (unpaired) electrons. The predicted octanol–water partition coefficient (Wildman–Crippen LogP) is 2.94. The van der Waals surface area contributed by atoms with Crippen molar-refractivity contribution in [2.45, 2.75) is 6.42 Å². The van der Waals surface area contributed by atoms with Crippen LogP contribution in [0.25, 0.3) is 11.0 Å². The Morgan fingerprint density at radius 3 is 3.12 bits per heavy atom. The maximum Gasteiger partial charge on any atom is 0.139 e. The van der Waals surface area contributed by atoms with Crippen LogP contribution in [0.2, 0.25) is 0 Å². The number of nitrogens with zero attached hydrogens (tertiary/aromatic N) is 2. The molecule has 0 amide bonds.